The molecule has 0 spiro atoms. The van der Waals surface area contributed by atoms with Gasteiger partial charge >= 0.3 is 0 Å². The first-order valence-electron chi connectivity index (χ1n) is 3.95. The number of hydrogen-bond acceptors (Lipinski definition) is 3. The minimum atomic E-state index is 0.295. The molecule has 0 saturated carbocycles. The van der Waals surface area contributed by atoms with Crippen LogP contribution in [-0.2, 0) is 7.05 Å². The Bertz CT molecular complexity index is 231. The topological polar surface area (TPSA) is 42.7 Å². The molecule has 1 unspecified atom stereocenters. The molecule has 1 N–H and O–H groups in total. The normalized spacial score (nSPS) is 12.9. The lowest BCUT2D eigenvalue weighted by Gasteiger charge is -2.13. The Kier molecular flexibility index (Phi) is 3.34. The van der Waals surface area contributed by atoms with E-state index in [1.54, 1.807) is 10.9 Å². The zero-order valence-corrected chi connectivity index (χ0v) is 8.04. The van der Waals surface area contributed by atoms with Crippen molar-refractivity contribution in [2.24, 2.45) is 7.05 Å². The highest BCUT2D eigenvalue weighted by molar-refractivity contribution is 6.18. The standard InChI is InChI=1S/C7H13ClN4/c1-3-6(4-8)10-7-5-9-11-12(7)2/h5-6,10H,3-4H2,1-2H3. The van der Waals surface area contributed by atoms with Gasteiger partial charge in [0.2, 0.25) is 0 Å². The van der Waals surface area contributed by atoms with Gasteiger partial charge in [-0.1, -0.05) is 12.1 Å². The molecular formula is C7H13ClN4. The number of anilines is 1. The van der Waals surface area contributed by atoms with Crippen LogP contribution < -0.4 is 5.32 Å². The van der Waals surface area contributed by atoms with Gasteiger partial charge < -0.3 is 5.32 Å². The highest BCUT2D eigenvalue weighted by Crippen LogP contribution is 2.06. The van der Waals surface area contributed by atoms with Crippen LogP contribution in [0.2, 0.25) is 0 Å². The van der Waals surface area contributed by atoms with Crippen molar-refractivity contribution < 1.29 is 0 Å². The maximum atomic E-state index is 5.72. The molecule has 0 aliphatic heterocycles. The third-order valence-corrected chi connectivity index (χ3v) is 2.12. The Balaban J connectivity index is 2.56. The number of rotatable bonds is 4. The predicted molar refractivity (Wildman–Crippen MR) is 49.4 cm³/mol. The van der Waals surface area contributed by atoms with Gasteiger partial charge in [-0.3, -0.25) is 0 Å². The molecule has 68 valence electrons. The van der Waals surface area contributed by atoms with Crippen LogP contribution in [0, 0.1) is 0 Å². The molecule has 1 heterocycles. The van der Waals surface area contributed by atoms with Crippen LogP contribution in [0.1, 0.15) is 13.3 Å². The van der Waals surface area contributed by atoms with Crippen molar-refractivity contribution in [2.75, 3.05) is 11.2 Å². The first kappa shape index (κ1) is 9.32. The fourth-order valence-electron chi connectivity index (χ4n) is 0.879. The number of alkyl halides is 1. The molecule has 0 bridgehead atoms. The lowest BCUT2D eigenvalue weighted by Crippen LogP contribution is -2.21. The van der Waals surface area contributed by atoms with Gasteiger partial charge in [0.25, 0.3) is 0 Å². The van der Waals surface area contributed by atoms with E-state index < -0.39 is 0 Å². The van der Waals surface area contributed by atoms with Gasteiger partial charge in [-0.2, -0.15) is 0 Å². The number of halogens is 1. The Morgan fingerprint density at radius 3 is 2.92 bits per heavy atom. The van der Waals surface area contributed by atoms with Gasteiger partial charge in [0, 0.05) is 19.0 Å². The quantitative estimate of drug-likeness (QED) is 0.724. The van der Waals surface area contributed by atoms with Gasteiger partial charge in [0.05, 0.1) is 6.20 Å². The Labute approximate surface area is 76.9 Å². The van der Waals surface area contributed by atoms with E-state index in [2.05, 4.69) is 22.6 Å². The second-order valence-electron chi connectivity index (χ2n) is 2.65. The predicted octanol–water partition coefficient (Wildman–Crippen LogP) is 1.24. The van der Waals surface area contributed by atoms with Gasteiger partial charge in [-0.25, -0.2) is 4.68 Å². The summed E-state index contributed by atoms with van der Waals surface area (Å²) in [6.07, 6.45) is 2.68. The molecule has 5 heteroatoms. The van der Waals surface area contributed by atoms with Crippen molar-refractivity contribution in [3.63, 3.8) is 0 Å². The number of aryl methyl sites for hydroxylation is 1. The molecule has 0 aromatic carbocycles. The average molecular weight is 189 g/mol. The Morgan fingerprint density at radius 2 is 2.50 bits per heavy atom. The van der Waals surface area contributed by atoms with Gasteiger partial charge in [0.15, 0.2) is 0 Å². The van der Waals surface area contributed by atoms with Crippen LogP contribution in [0.25, 0.3) is 0 Å². The molecule has 0 aliphatic rings. The minimum absolute atomic E-state index is 0.295. The van der Waals surface area contributed by atoms with Gasteiger partial charge in [-0.05, 0) is 6.42 Å². The van der Waals surface area contributed by atoms with E-state index >= 15 is 0 Å². The molecular weight excluding hydrogens is 176 g/mol. The lowest BCUT2D eigenvalue weighted by atomic mass is 10.2. The highest BCUT2D eigenvalue weighted by Gasteiger charge is 2.06. The fourth-order valence-corrected chi connectivity index (χ4v) is 1.17. The zero-order valence-electron chi connectivity index (χ0n) is 7.29. The van der Waals surface area contributed by atoms with Crippen LogP contribution in [-0.4, -0.2) is 26.9 Å². The molecule has 0 radical (unpaired) electrons. The second kappa shape index (κ2) is 4.30. The highest BCUT2D eigenvalue weighted by atomic mass is 35.5. The Hall–Kier alpha value is -0.770. The van der Waals surface area contributed by atoms with E-state index in [1.165, 1.54) is 0 Å². The molecule has 12 heavy (non-hydrogen) atoms. The maximum Gasteiger partial charge on any atom is 0.144 e. The first-order chi connectivity index (χ1) is 5.77. The monoisotopic (exact) mass is 188 g/mol. The lowest BCUT2D eigenvalue weighted by molar-refractivity contribution is 0.696. The van der Waals surface area contributed by atoms with E-state index in [9.17, 15) is 0 Å². The molecule has 1 rings (SSSR count). The molecule has 0 saturated heterocycles. The molecule has 1 aromatic rings. The average Bonchev–Trinajstić information content (AvgIpc) is 2.47. The van der Waals surface area contributed by atoms with E-state index in [-0.39, 0.29) is 0 Å². The third kappa shape index (κ3) is 2.11. The van der Waals surface area contributed by atoms with Crippen LogP contribution in [0.3, 0.4) is 0 Å². The summed E-state index contributed by atoms with van der Waals surface area (Å²) in [5, 5.41) is 10.8. The van der Waals surface area contributed by atoms with Gasteiger partial charge in [-0.15, -0.1) is 16.7 Å². The fraction of sp³-hybridized carbons (Fsp3) is 0.714. The molecule has 0 fully saturated rings. The number of nitrogens with zero attached hydrogens (tertiary/aromatic N) is 3. The van der Waals surface area contributed by atoms with Crippen LogP contribution >= 0.6 is 11.6 Å². The summed E-state index contributed by atoms with van der Waals surface area (Å²) in [6.45, 7) is 2.09. The molecule has 0 amide bonds. The SMILES string of the molecule is CCC(CCl)Nc1cnnn1C. The second-order valence-corrected chi connectivity index (χ2v) is 2.96. The molecule has 0 aliphatic carbocycles. The van der Waals surface area contributed by atoms with Crippen LogP contribution in [0.4, 0.5) is 5.82 Å². The van der Waals surface area contributed by atoms with E-state index in [4.69, 9.17) is 11.6 Å². The number of nitrogens with one attached hydrogen (secondary N) is 1. The maximum absolute atomic E-state index is 5.72. The molecule has 1 aromatic heterocycles. The summed E-state index contributed by atoms with van der Waals surface area (Å²) < 4.78 is 1.69. The van der Waals surface area contributed by atoms with Crippen molar-refractivity contribution in [2.45, 2.75) is 19.4 Å². The van der Waals surface area contributed by atoms with Crippen molar-refractivity contribution in [1.82, 2.24) is 15.0 Å². The molecule has 4 nitrogen and oxygen atoms in total. The summed E-state index contributed by atoms with van der Waals surface area (Å²) in [5.41, 5.74) is 0. The van der Waals surface area contributed by atoms with Crippen molar-refractivity contribution >= 4 is 17.4 Å². The summed E-state index contributed by atoms with van der Waals surface area (Å²) in [6, 6.07) is 0.295. The van der Waals surface area contributed by atoms with Crippen LogP contribution in [0.5, 0.6) is 0 Å². The summed E-state index contributed by atoms with van der Waals surface area (Å²) in [4.78, 5) is 0. The summed E-state index contributed by atoms with van der Waals surface area (Å²) in [7, 11) is 1.84. The largest absolute Gasteiger partial charge is 0.365 e. The summed E-state index contributed by atoms with van der Waals surface area (Å²) in [5.74, 6) is 1.50. The summed E-state index contributed by atoms with van der Waals surface area (Å²) >= 11 is 5.72. The van der Waals surface area contributed by atoms with Gasteiger partial charge in [0.1, 0.15) is 5.82 Å². The first-order valence-corrected chi connectivity index (χ1v) is 4.48. The zero-order chi connectivity index (χ0) is 8.97. The Morgan fingerprint density at radius 1 is 1.75 bits per heavy atom. The number of aromatic nitrogens is 3. The van der Waals surface area contributed by atoms with E-state index in [0.717, 1.165) is 12.2 Å². The number of hydrogen-bond donors (Lipinski definition) is 1. The van der Waals surface area contributed by atoms with Crippen molar-refractivity contribution in [3.8, 4) is 0 Å². The van der Waals surface area contributed by atoms with Crippen molar-refractivity contribution in [1.29, 1.82) is 0 Å². The van der Waals surface area contributed by atoms with Crippen LogP contribution in [0.15, 0.2) is 6.20 Å². The minimum Gasteiger partial charge on any atom is -0.365 e. The van der Waals surface area contributed by atoms with Crippen molar-refractivity contribution in [3.05, 3.63) is 6.20 Å². The third-order valence-electron chi connectivity index (χ3n) is 1.75. The van der Waals surface area contributed by atoms with E-state index in [1.807, 2.05) is 7.05 Å². The smallest absolute Gasteiger partial charge is 0.144 e. The molecule has 1 atom stereocenters. The van der Waals surface area contributed by atoms with E-state index in [0.29, 0.717) is 11.9 Å².